The van der Waals surface area contributed by atoms with E-state index in [-0.39, 0.29) is 5.60 Å². The monoisotopic (exact) mass is 260 g/mol. The van der Waals surface area contributed by atoms with Gasteiger partial charge in [0.1, 0.15) is 5.75 Å². The molecule has 1 aromatic carbocycles. The minimum absolute atomic E-state index is 0.0508. The van der Waals surface area contributed by atoms with Crippen LogP contribution in [-0.2, 0) is 5.60 Å². The van der Waals surface area contributed by atoms with E-state index in [1.165, 1.54) is 24.1 Å². The number of likely N-dealkylation sites (N-methyl/N-ethyl adjacent to an activating group) is 1. The van der Waals surface area contributed by atoms with E-state index in [0.29, 0.717) is 6.04 Å². The highest BCUT2D eigenvalue weighted by Crippen LogP contribution is 2.56. The average molecular weight is 260 g/mol. The number of nitrogens with zero attached hydrogens (tertiary/aromatic N) is 2. The van der Waals surface area contributed by atoms with Crippen LogP contribution in [-0.4, -0.2) is 38.6 Å². The molecule has 2 heterocycles. The lowest BCUT2D eigenvalue weighted by atomic mass is 9.82. The molecular formula is C16H24N2O. The summed E-state index contributed by atoms with van der Waals surface area (Å²) in [6.45, 7) is 3.25. The maximum atomic E-state index is 6.20. The van der Waals surface area contributed by atoms with Crippen molar-refractivity contribution in [3.8, 4) is 5.75 Å². The Hall–Kier alpha value is -1.22. The number of hydrogen-bond acceptors (Lipinski definition) is 3. The lowest BCUT2D eigenvalue weighted by molar-refractivity contribution is 0.000320. The van der Waals surface area contributed by atoms with E-state index in [1.54, 1.807) is 0 Å². The summed E-state index contributed by atoms with van der Waals surface area (Å²) in [5.41, 5.74) is 2.75. The fourth-order valence-corrected chi connectivity index (χ4v) is 3.64. The van der Waals surface area contributed by atoms with Crippen LogP contribution in [0, 0.1) is 0 Å². The van der Waals surface area contributed by atoms with Gasteiger partial charge < -0.3 is 14.5 Å². The molecule has 104 valence electrons. The Morgan fingerprint density at radius 1 is 1.42 bits per heavy atom. The van der Waals surface area contributed by atoms with Crippen LogP contribution in [0.5, 0.6) is 5.75 Å². The van der Waals surface area contributed by atoms with Crippen molar-refractivity contribution in [1.29, 1.82) is 0 Å². The molecule has 0 aromatic heterocycles. The van der Waals surface area contributed by atoms with E-state index in [1.807, 2.05) is 0 Å². The van der Waals surface area contributed by atoms with Crippen LogP contribution in [0.15, 0.2) is 18.2 Å². The molecule has 0 aliphatic carbocycles. The molecule has 0 saturated heterocycles. The second-order valence-electron chi connectivity index (χ2n) is 6.21. The van der Waals surface area contributed by atoms with Crippen molar-refractivity contribution in [3.63, 3.8) is 0 Å². The molecule has 2 atom stereocenters. The number of benzene rings is 1. The third-order valence-electron chi connectivity index (χ3n) is 4.59. The summed E-state index contributed by atoms with van der Waals surface area (Å²) in [6.07, 6.45) is 3.56. The smallest absolute Gasteiger partial charge is 0.158 e. The van der Waals surface area contributed by atoms with Crippen molar-refractivity contribution in [2.24, 2.45) is 0 Å². The largest absolute Gasteiger partial charge is 0.480 e. The molecule has 19 heavy (non-hydrogen) atoms. The van der Waals surface area contributed by atoms with Crippen LogP contribution in [0.4, 0.5) is 5.69 Å². The van der Waals surface area contributed by atoms with Gasteiger partial charge in [0.15, 0.2) is 5.60 Å². The maximum Gasteiger partial charge on any atom is 0.158 e. The second kappa shape index (κ2) is 4.41. The molecule has 3 heteroatoms. The van der Waals surface area contributed by atoms with Gasteiger partial charge in [-0.2, -0.15) is 0 Å². The SMILES string of the molecule is CCCC(CC12CN(C)c3cccc(c31)O2)N(C)C. The highest BCUT2D eigenvalue weighted by atomic mass is 16.5. The zero-order valence-electron chi connectivity index (χ0n) is 12.4. The van der Waals surface area contributed by atoms with Gasteiger partial charge in [0.05, 0.1) is 12.1 Å². The molecule has 1 aromatic rings. The number of hydrogen-bond donors (Lipinski definition) is 0. The van der Waals surface area contributed by atoms with Crippen LogP contribution in [0.25, 0.3) is 0 Å². The minimum Gasteiger partial charge on any atom is -0.480 e. The summed E-state index contributed by atoms with van der Waals surface area (Å²) < 4.78 is 6.20. The van der Waals surface area contributed by atoms with Gasteiger partial charge in [-0.05, 0) is 32.6 Å². The van der Waals surface area contributed by atoms with Gasteiger partial charge in [-0.1, -0.05) is 19.4 Å². The molecule has 0 saturated carbocycles. The summed E-state index contributed by atoms with van der Waals surface area (Å²) >= 11 is 0. The first kappa shape index (κ1) is 12.8. The highest BCUT2D eigenvalue weighted by molar-refractivity contribution is 5.70. The van der Waals surface area contributed by atoms with E-state index in [9.17, 15) is 0 Å². The topological polar surface area (TPSA) is 15.7 Å². The van der Waals surface area contributed by atoms with Gasteiger partial charge >= 0.3 is 0 Å². The molecule has 0 spiro atoms. The lowest BCUT2D eigenvalue weighted by Crippen LogP contribution is -2.48. The zero-order valence-corrected chi connectivity index (χ0v) is 12.4. The molecule has 2 aliphatic rings. The Morgan fingerprint density at radius 2 is 2.21 bits per heavy atom. The number of rotatable bonds is 5. The number of ether oxygens (including phenoxy) is 1. The highest BCUT2D eigenvalue weighted by Gasteiger charge is 2.53. The second-order valence-corrected chi connectivity index (χ2v) is 6.21. The van der Waals surface area contributed by atoms with Crippen molar-refractivity contribution in [2.45, 2.75) is 37.8 Å². The molecule has 3 nitrogen and oxygen atoms in total. The molecule has 0 fully saturated rings. The lowest BCUT2D eigenvalue weighted by Gasteiger charge is -2.43. The van der Waals surface area contributed by atoms with E-state index in [2.05, 4.69) is 56.1 Å². The molecule has 0 radical (unpaired) electrons. The normalized spacial score (nSPS) is 25.0. The summed E-state index contributed by atoms with van der Waals surface area (Å²) in [6, 6.07) is 7.00. The average Bonchev–Trinajstić information content (AvgIpc) is 2.59. The Morgan fingerprint density at radius 3 is 2.89 bits per heavy atom. The maximum absolute atomic E-state index is 6.20. The first-order valence-corrected chi connectivity index (χ1v) is 7.27. The Kier molecular flexibility index (Phi) is 2.97. The third kappa shape index (κ3) is 1.83. The van der Waals surface area contributed by atoms with Gasteiger partial charge in [-0.15, -0.1) is 0 Å². The van der Waals surface area contributed by atoms with E-state index in [4.69, 9.17) is 4.74 Å². The van der Waals surface area contributed by atoms with E-state index >= 15 is 0 Å². The molecule has 0 N–H and O–H groups in total. The van der Waals surface area contributed by atoms with Gasteiger partial charge in [0.2, 0.25) is 0 Å². The van der Waals surface area contributed by atoms with Gasteiger partial charge in [0.25, 0.3) is 0 Å². The van der Waals surface area contributed by atoms with Crippen molar-refractivity contribution in [2.75, 3.05) is 32.6 Å². The molecule has 3 rings (SSSR count). The Bertz CT molecular complexity index is 486. The summed E-state index contributed by atoms with van der Waals surface area (Å²) in [5.74, 6) is 1.09. The van der Waals surface area contributed by atoms with Crippen LogP contribution in [0.3, 0.4) is 0 Å². The van der Waals surface area contributed by atoms with Crippen molar-refractivity contribution >= 4 is 5.69 Å². The first-order valence-electron chi connectivity index (χ1n) is 7.27. The van der Waals surface area contributed by atoms with Crippen molar-refractivity contribution in [1.82, 2.24) is 4.90 Å². The third-order valence-corrected chi connectivity index (χ3v) is 4.59. The Balaban J connectivity index is 1.87. The quantitative estimate of drug-likeness (QED) is 0.809. The summed E-state index contributed by atoms with van der Waals surface area (Å²) in [5, 5.41) is 0. The van der Waals surface area contributed by atoms with Crippen molar-refractivity contribution < 1.29 is 4.74 Å². The van der Waals surface area contributed by atoms with Crippen LogP contribution in [0.1, 0.15) is 31.7 Å². The predicted molar refractivity (Wildman–Crippen MR) is 79.0 cm³/mol. The molecule has 2 aliphatic heterocycles. The van der Waals surface area contributed by atoms with E-state index in [0.717, 1.165) is 18.7 Å². The zero-order chi connectivity index (χ0) is 13.6. The van der Waals surface area contributed by atoms with Gasteiger partial charge in [-0.25, -0.2) is 0 Å². The van der Waals surface area contributed by atoms with Crippen LogP contribution in [0.2, 0.25) is 0 Å². The van der Waals surface area contributed by atoms with E-state index < -0.39 is 0 Å². The molecular weight excluding hydrogens is 236 g/mol. The Labute approximate surface area is 116 Å². The first-order chi connectivity index (χ1) is 9.07. The minimum atomic E-state index is -0.0508. The predicted octanol–water partition coefficient (Wildman–Crippen LogP) is 2.84. The fourth-order valence-electron chi connectivity index (χ4n) is 3.64. The van der Waals surface area contributed by atoms with Crippen LogP contribution < -0.4 is 9.64 Å². The summed E-state index contributed by atoms with van der Waals surface area (Å²) in [4.78, 5) is 4.69. The van der Waals surface area contributed by atoms with Crippen LogP contribution >= 0.6 is 0 Å². The summed E-state index contributed by atoms with van der Waals surface area (Å²) in [7, 11) is 6.53. The molecule has 0 bridgehead atoms. The fraction of sp³-hybridized carbons (Fsp3) is 0.625. The van der Waals surface area contributed by atoms with Crippen molar-refractivity contribution in [3.05, 3.63) is 23.8 Å². The molecule has 2 unspecified atom stereocenters. The van der Waals surface area contributed by atoms with Gasteiger partial charge in [-0.3, -0.25) is 0 Å². The molecule has 0 amide bonds. The standard InChI is InChI=1S/C16H24N2O/c1-5-7-12(17(2)3)10-16-11-18(4)13-8-6-9-14(19-16)15(13)16/h6,8-9,12H,5,7,10-11H2,1-4H3. The number of anilines is 1. The van der Waals surface area contributed by atoms with Gasteiger partial charge in [0, 0.05) is 25.2 Å².